The van der Waals surface area contributed by atoms with Crippen LogP contribution in [0.4, 0.5) is 0 Å². The Hall–Kier alpha value is -3.17. The first-order chi connectivity index (χ1) is 28.5. The molecule has 1 aliphatic heterocycles. The molecule has 0 bridgehead atoms. The molecule has 0 aromatic rings. The fourth-order valence-corrected chi connectivity index (χ4v) is 6.68. The van der Waals surface area contributed by atoms with Gasteiger partial charge in [0.25, 0.3) is 10.1 Å². The second-order valence-corrected chi connectivity index (χ2v) is 16.3. The minimum absolute atomic E-state index is 0.0597. The normalized spacial score (nSPS) is 21.1. The molecule has 1 fully saturated rings. The van der Waals surface area contributed by atoms with Crippen LogP contribution in [0.5, 0.6) is 0 Å². The van der Waals surface area contributed by atoms with Crippen LogP contribution in [0.15, 0.2) is 85.1 Å². The Labute approximate surface area is 354 Å². The van der Waals surface area contributed by atoms with Gasteiger partial charge >= 0.3 is 11.9 Å². The highest BCUT2D eigenvalue weighted by Crippen LogP contribution is 2.24. The van der Waals surface area contributed by atoms with Gasteiger partial charge in [0, 0.05) is 12.8 Å². The minimum Gasteiger partial charge on any atom is -0.462 e. The fourth-order valence-electron chi connectivity index (χ4n) is 5.99. The SMILES string of the molecule is CC/C=C/C=C/C=C/C=C/C=C/CCCC(=O)OC(COC(=O)CCCCCCC/C=C/C=C/CCCCCCCCC)CO[C@H]1O[C@H](CS(=O)(=O)O)[C@@H](O)C(O)C1O. The van der Waals surface area contributed by atoms with Crippen LogP contribution >= 0.6 is 0 Å². The number of allylic oxidation sites excluding steroid dienone is 14. The van der Waals surface area contributed by atoms with Gasteiger partial charge in [-0.2, -0.15) is 8.42 Å². The van der Waals surface area contributed by atoms with E-state index < -0.39 is 71.2 Å². The molecular formula is C46H74O12S. The van der Waals surface area contributed by atoms with Crippen molar-refractivity contribution < 1.29 is 56.8 Å². The molecule has 0 spiro atoms. The van der Waals surface area contributed by atoms with Crippen molar-refractivity contribution in [2.45, 2.75) is 173 Å². The average molecular weight is 851 g/mol. The molecule has 13 heteroatoms. The lowest BCUT2D eigenvalue weighted by molar-refractivity contribution is -0.297. The maximum Gasteiger partial charge on any atom is 0.306 e. The van der Waals surface area contributed by atoms with Gasteiger partial charge in [-0.1, -0.05) is 157 Å². The molecular weight excluding hydrogens is 777 g/mol. The molecule has 1 rings (SSSR count). The van der Waals surface area contributed by atoms with Crippen molar-refractivity contribution in [1.29, 1.82) is 0 Å². The molecule has 4 N–H and O–H groups in total. The molecule has 0 amide bonds. The first kappa shape index (κ1) is 53.8. The zero-order valence-electron chi connectivity index (χ0n) is 35.6. The van der Waals surface area contributed by atoms with Crippen LogP contribution in [0, 0.1) is 0 Å². The van der Waals surface area contributed by atoms with Crippen molar-refractivity contribution in [3.63, 3.8) is 0 Å². The summed E-state index contributed by atoms with van der Waals surface area (Å²) >= 11 is 0. The van der Waals surface area contributed by atoms with Gasteiger partial charge in [-0.3, -0.25) is 14.1 Å². The van der Waals surface area contributed by atoms with Crippen molar-refractivity contribution in [2.75, 3.05) is 19.0 Å². The number of carbonyl (C=O) groups is 2. The van der Waals surface area contributed by atoms with Crippen LogP contribution < -0.4 is 0 Å². The first-order valence-corrected chi connectivity index (χ1v) is 23.3. The monoisotopic (exact) mass is 850 g/mol. The van der Waals surface area contributed by atoms with E-state index in [0.717, 1.165) is 44.9 Å². The van der Waals surface area contributed by atoms with Crippen LogP contribution in [0.2, 0.25) is 0 Å². The predicted octanol–water partition coefficient (Wildman–Crippen LogP) is 8.50. The summed E-state index contributed by atoms with van der Waals surface area (Å²) in [6.07, 6.45) is 36.5. The van der Waals surface area contributed by atoms with E-state index in [4.69, 9.17) is 18.9 Å². The molecule has 12 nitrogen and oxygen atoms in total. The maximum absolute atomic E-state index is 12.7. The number of ether oxygens (including phenoxy) is 4. The van der Waals surface area contributed by atoms with E-state index in [1.54, 1.807) is 0 Å². The highest BCUT2D eigenvalue weighted by molar-refractivity contribution is 7.85. The summed E-state index contributed by atoms with van der Waals surface area (Å²) in [5, 5.41) is 30.8. The molecule has 0 radical (unpaired) electrons. The van der Waals surface area contributed by atoms with Gasteiger partial charge in [0.05, 0.1) is 6.61 Å². The molecule has 59 heavy (non-hydrogen) atoms. The zero-order chi connectivity index (χ0) is 43.4. The topological polar surface area (TPSA) is 186 Å². The highest BCUT2D eigenvalue weighted by atomic mass is 32.2. The van der Waals surface area contributed by atoms with Gasteiger partial charge in [-0.15, -0.1) is 0 Å². The molecule has 1 heterocycles. The number of rotatable bonds is 34. The van der Waals surface area contributed by atoms with E-state index in [9.17, 15) is 37.9 Å². The largest absolute Gasteiger partial charge is 0.462 e. The standard InChI is InChI=1S/C46H74O12S/c1-3-5-7-9-11-13-15-17-18-19-20-21-23-24-26-28-30-32-34-41(47)55-36-39(37-56-46-45(51)44(50)43(49)40(58-46)38-59(52,53)54)57-42(48)35-33-31-29-27-25-22-16-14-12-10-8-6-4-2/h6,8,10,12,14,16,18-22,25,27,29,39-40,43-46,49-51H,3-5,7,9,11,13,15,17,23-24,26,28,30-38H2,1-2H3,(H,52,53,54)/b8-6+,12-10+,16-14+,19-18+,21-20+,25-22+,29-27+/t39?,40-,43-,44?,45?,46+/m1/s1. The molecule has 0 aromatic carbocycles. The van der Waals surface area contributed by atoms with Crippen molar-refractivity contribution in [1.82, 2.24) is 0 Å². The second-order valence-electron chi connectivity index (χ2n) is 14.8. The van der Waals surface area contributed by atoms with E-state index >= 15 is 0 Å². The quantitative estimate of drug-likeness (QED) is 0.0210. The number of esters is 2. The average Bonchev–Trinajstić information content (AvgIpc) is 3.20. The summed E-state index contributed by atoms with van der Waals surface area (Å²) in [7, 11) is -4.62. The Morgan fingerprint density at radius 2 is 1.08 bits per heavy atom. The number of hydrogen-bond donors (Lipinski definition) is 4. The Bertz CT molecular complexity index is 1410. The molecule has 1 aliphatic rings. The number of carbonyl (C=O) groups excluding carboxylic acids is 2. The lowest BCUT2D eigenvalue weighted by Crippen LogP contribution is -2.60. The van der Waals surface area contributed by atoms with Crippen LogP contribution in [0.3, 0.4) is 0 Å². The number of aliphatic hydroxyl groups is 3. The summed E-state index contributed by atoms with van der Waals surface area (Å²) in [6.45, 7) is 3.51. The first-order valence-electron chi connectivity index (χ1n) is 21.7. The summed E-state index contributed by atoms with van der Waals surface area (Å²) < 4.78 is 53.9. The maximum atomic E-state index is 12.7. The minimum atomic E-state index is -4.62. The van der Waals surface area contributed by atoms with Crippen molar-refractivity contribution in [2.24, 2.45) is 0 Å². The van der Waals surface area contributed by atoms with E-state index in [-0.39, 0.29) is 19.4 Å². The molecule has 6 atom stereocenters. The zero-order valence-corrected chi connectivity index (χ0v) is 36.4. The number of unbranched alkanes of at least 4 members (excludes halogenated alkanes) is 13. The Kier molecular flexibility index (Phi) is 32.5. The predicted molar refractivity (Wildman–Crippen MR) is 233 cm³/mol. The lowest BCUT2D eigenvalue weighted by atomic mass is 10.00. The van der Waals surface area contributed by atoms with Crippen LogP contribution in [-0.2, 0) is 38.7 Å². The number of aliphatic hydroxyl groups excluding tert-OH is 3. The third-order valence-corrected chi connectivity index (χ3v) is 10.1. The van der Waals surface area contributed by atoms with Gasteiger partial charge in [-0.05, 0) is 51.4 Å². The highest BCUT2D eigenvalue weighted by Gasteiger charge is 2.46. The molecule has 1 saturated heterocycles. The summed E-state index contributed by atoms with van der Waals surface area (Å²) in [5.74, 6) is -2.11. The van der Waals surface area contributed by atoms with Gasteiger partial charge in [-0.25, -0.2) is 0 Å². The molecule has 3 unspecified atom stereocenters. The smallest absolute Gasteiger partial charge is 0.306 e. The van der Waals surface area contributed by atoms with Gasteiger partial charge in [0.15, 0.2) is 12.4 Å². The van der Waals surface area contributed by atoms with Crippen LogP contribution in [0.25, 0.3) is 0 Å². The molecule has 336 valence electrons. The van der Waals surface area contributed by atoms with Crippen molar-refractivity contribution in [3.8, 4) is 0 Å². The van der Waals surface area contributed by atoms with Crippen LogP contribution in [-0.4, -0.2) is 96.0 Å². The van der Waals surface area contributed by atoms with Crippen molar-refractivity contribution in [3.05, 3.63) is 85.1 Å². The van der Waals surface area contributed by atoms with Gasteiger partial charge < -0.3 is 34.3 Å². The molecule has 0 saturated carbocycles. The molecule has 0 aliphatic carbocycles. The summed E-state index contributed by atoms with van der Waals surface area (Å²) in [6, 6.07) is 0. The van der Waals surface area contributed by atoms with E-state index in [1.807, 2.05) is 54.7 Å². The Morgan fingerprint density at radius 1 is 0.593 bits per heavy atom. The second kappa shape index (κ2) is 35.6. The summed E-state index contributed by atoms with van der Waals surface area (Å²) in [5.41, 5.74) is 0. The lowest BCUT2D eigenvalue weighted by Gasteiger charge is -2.40. The Balaban J connectivity index is 2.52. The van der Waals surface area contributed by atoms with Crippen molar-refractivity contribution >= 4 is 22.1 Å². The van der Waals surface area contributed by atoms with Gasteiger partial charge in [0.2, 0.25) is 0 Å². The Morgan fingerprint density at radius 3 is 1.66 bits per heavy atom. The third kappa shape index (κ3) is 30.5. The van der Waals surface area contributed by atoms with E-state index in [0.29, 0.717) is 19.3 Å². The van der Waals surface area contributed by atoms with Crippen LogP contribution in [0.1, 0.15) is 136 Å². The van der Waals surface area contributed by atoms with E-state index in [1.165, 1.54) is 44.9 Å². The van der Waals surface area contributed by atoms with Gasteiger partial charge in [0.1, 0.15) is 36.8 Å². The number of hydrogen-bond acceptors (Lipinski definition) is 11. The van der Waals surface area contributed by atoms with E-state index in [2.05, 4.69) is 44.2 Å². The molecule has 0 aromatic heterocycles. The summed E-state index contributed by atoms with van der Waals surface area (Å²) in [4.78, 5) is 25.3. The fraction of sp³-hybridized carbons (Fsp3) is 0.652. The third-order valence-electron chi connectivity index (χ3n) is 9.36.